The van der Waals surface area contributed by atoms with Gasteiger partial charge in [0.25, 0.3) is 0 Å². The lowest BCUT2D eigenvalue weighted by Gasteiger charge is -2.39. The van der Waals surface area contributed by atoms with Gasteiger partial charge in [0.2, 0.25) is 10.0 Å². The van der Waals surface area contributed by atoms with E-state index in [4.69, 9.17) is 4.74 Å². The number of hydrogen-bond donors (Lipinski definition) is 0. The molecular formula is C23H29BrN2O4S. The van der Waals surface area contributed by atoms with E-state index in [1.807, 2.05) is 51.1 Å². The molecule has 1 amide bonds. The Balaban J connectivity index is 1.90. The molecule has 2 aromatic rings. The van der Waals surface area contributed by atoms with Crippen LogP contribution in [0.15, 0.2) is 64.0 Å². The third-order valence-electron chi connectivity index (χ3n) is 5.06. The standard InChI is InChI=1S/C23H29BrN2O4S/c1-23(2,3)30-22(27)25-15-7-10-20(17-25)26(16-18-8-5-4-6-9-18)31(28,29)21-13-11-19(24)12-14-21/h4-6,8-9,11-14,20H,7,10,15-17H2,1-3H3. The summed E-state index contributed by atoms with van der Waals surface area (Å²) in [4.78, 5) is 14.5. The predicted octanol–water partition coefficient (Wildman–Crippen LogP) is 5.04. The molecule has 31 heavy (non-hydrogen) atoms. The van der Waals surface area contributed by atoms with Crippen molar-refractivity contribution >= 4 is 32.0 Å². The van der Waals surface area contributed by atoms with Crippen molar-refractivity contribution in [3.05, 3.63) is 64.6 Å². The van der Waals surface area contributed by atoms with Gasteiger partial charge in [-0.3, -0.25) is 0 Å². The van der Waals surface area contributed by atoms with Crippen molar-refractivity contribution in [3.8, 4) is 0 Å². The molecule has 2 aromatic carbocycles. The van der Waals surface area contributed by atoms with Crippen LogP contribution in [-0.2, 0) is 21.3 Å². The van der Waals surface area contributed by atoms with Gasteiger partial charge in [0, 0.05) is 30.1 Å². The lowest BCUT2D eigenvalue weighted by Crippen LogP contribution is -2.52. The summed E-state index contributed by atoms with van der Waals surface area (Å²) < 4.78 is 35.1. The second kappa shape index (κ2) is 9.71. The minimum Gasteiger partial charge on any atom is -0.444 e. The molecule has 8 heteroatoms. The summed E-state index contributed by atoms with van der Waals surface area (Å²) in [5, 5.41) is 0. The van der Waals surface area contributed by atoms with E-state index < -0.39 is 21.7 Å². The van der Waals surface area contributed by atoms with E-state index in [-0.39, 0.29) is 17.5 Å². The van der Waals surface area contributed by atoms with Gasteiger partial charge >= 0.3 is 6.09 Å². The van der Waals surface area contributed by atoms with Gasteiger partial charge in [-0.15, -0.1) is 0 Å². The smallest absolute Gasteiger partial charge is 0.410 e. The molecular weight excluding hydrogens is 480 g/mol. The summed E-state index contributed by atoms with van der Waals surface area (Å²) in [6, 6.07) is 15.8. The van der Waals surface area contributed by atoms with Crippen LogP contribution in [0.3, 0.4) is 0 Å². The second-order valence-corrected chi connectivity index (χ2v) is 11.5. The Labute approximate surface area is 193 Å². The quantitative estimate of drug-likeness (QED) is 0.567. The fraction of sp³-hybridized carbons (Fsp3) is 0.435. The maximum absolute atomic E-state index is 13.6. The van der Waals surface area contributed by atoms with Crippen molar-refractivity contribution in [1.29, 1.82) is 0 Å². The summed E-state index contributed by atoms with van der Waals surface area (Å²) in [5.41, 5.74) is 0.301. The van der Waals surface area contributed by atoms with Gasteiger partial charge in [0.1, 0.15) is 5.60 Å². The van der Waals surface area contributed by atoms with E-state index in [1.54, 1.807) is 29.2 Å². The Morgan fingerprint density at radius 3 is 2.39 bits per heavy atom. The lowest BCUT2D eigenvalue weighted by molar-refractivity contribution is 0.0152. The normalized spacial score (nSPS) is 17.6. The van der Waals surface area contributed by atoms with E-state index in [2.05, 4.69) is 15.9 Å². The highest BCUT2D eigenvalue weighted by Crippen LogP contribution is 2.27. The molecule has 6 nitrogen and oxygen atoms in total. The summed E-state index contributed by atoms with van der Waals surface area (Å²) in [6.07, 6.45) is 0.991. The number of nitrogens with zero attached hydrogens (tertiary/aromatic N) is 2. The zero-order valence-corrected chi connectivity index (χ0v) is 20.5. The van der Waals surface area contributed by atoms with Crippen LogP contribution in [0.25, 0.3) is 0 Å². The van der Waals surface area contributed by atoms with Crippen LogP contribution >= 0.6 is 15.9 Å². The summed E-state index contributed by atoms with van der Waals surface area (Å²) in [5.74, 6) is 0. The summed E-state index contributed by atoms with van der Waals surface area (Å²) in [6.45, 7) is 6.58. The maximum atomic E-state index is 13.6. The highest BCUT2D eigenvalue weighted by molar-refractivity contribution is 9.10. The Bertz CT molecular complexity index is 988. The van der Waals surface area contributed by atoms with E-state index in [0.29, 0.717) is 25.9 Å². The van der Waals surface area contributed by atoms with Crippen LogP contribution in [0.1, 0.15) is 39.2 Å². The van der Waals surface area contributed by atoms with Crippen LogP contribution in [0.2, 0.25) is 0 Å². The lowest BCUT2D eigenvalue weighted by atomic mass is 10.1. The number of carbonyl (C=O) groups excluding carboxylic acids is 1. The first-order valence-corrected chi connectivity index (χ1v) is 12.6. The molecule has 1 fully saturated rings. The van der Waals surface area contributed by atoms with E-state index >= 15 is 0 Å². The molecule has 0 spiro atoms. The van der Waals surface area contributed by atoms with Gasteiger partial charge < -0.3 is 9.64 Å². The van der Waals surface area contributed by atoms with Gasteiger partial charge in [-0.1, -0.05) is 46.3 Å². The molecule has 1 atom stereocenters. The van der Waals surface area contributed by atoms with Crippen LogP contribution in [0, 0.1) is 0 Å². The number of benzene rings is 2. The first-order valence-electron chi connectivity index (χ1n) is 10.4. The number of piperidine rings is 1. The molecule has 0 N–H and O–H groups in total. The molecule has 0 aromatic heterocycles. The fourth-order valence-corrected chi connectivity index (χ4v) is 5.50. The van der Waals surface area contributed by atoms with E-state index in [0.717, 1.165) is 10.0 Å². The number of sulfonamides is 1. The predicted molar refractivity (Wildman–Crippen MR) is 124 cm³/mol. The molecule has 0 saturated carbocycles. The van der Waals surface area contributed by atoms with Crippen molar-refractivity contribution in [2.24, 2.45) is 0 Å². The zero-order valence-electron chi connectivity index (χ0n) is 18.1. The minimum atomic E-state index is -3.77. The SMILES string of the molecule is CC(C)(C)OC(=O)N1CCCC(N(Cc2ccccc2)S(=O)(=O)c2ccc(Br)cc2)C1. The molecule has 0 aliphatic carbocycles. The molecule has 0 radical (unpaired) electrons. The van der Waals surface area contributed by atoms with Gasteiger partial charge in [0.05, 0.1) is 4.90 Å². The molecule has 0 bridgehead atoms. The molecule has 3 rings (SSSR count). The Kier molecular flexibility index (Phi) is 7.44. The van der Waals surface area contributed by atoms with Gasteiger partial charge in [-0.05, 0) is 63.4 Å². The maximum Gasteiger partial charge on any atom is 0.410 e. The number of carbonyl (C=O) groups is 1. The summed E-state index contributed by atoms with van der Waals surface area (Å²) >= 11 is 3.36. The Morgan fingerprint density at radius 1 is 1.13 bits per heavy atom. The average molecular weight is 509 g/mol. The van der Waals surface area contributed by atoms with Crippen molar-refractivity contribution in [2.45, 2.75) is 56.7 Å². The van der Waals surface area contributed by atoms with Crippen LogP contribution in [0.4, 0.5) is 4.79 Å². The van der Waals surface area contributed by atoms with Crippen molar-refractivity contribution in [1.82, 2.24) is 9.21 Å². The van der Waals surface area contributed by atoms with E-state index in [9.17, 15) is 13.2 Å². The highest BCUT2D eigenvalue weighted by Gasteiger charge is 2.36. The van der Waals surface area contributed by atoms with Gasteiger partial charge in [-0.2, -0.15) is 4.31 Å². The second-order valence-electron chi connectivity index (χ2n) is 8.71. The Hall–Kier alpha value is -1.90. The first-order chi connectivity index (χ1) is 14.6. The van der Waals surface area contributed by atoms with E-state index in [1.165, 1.54) is 4.31 Å². The fourth-order valence-electron chi connectivity index (χ4n) is 3.60. The monoisotopic (exact) mass is 508 g/mol. The number of hydrogen-bond acceptors (Lipinski definition) is 4. The molecule has 1 unspecified atom stereocenters. The third-order valence-corrected chi connectivity index (χ3v) is 7.50. The van der Waals surface area contributed by atoms with Gasteiger partial charge in [-0.25, -0.2) is 13.2 Å². The number of ether oxygens (including phenoxy) is 1. The van der Waals surface area contributed by atoms with Crippen molar-refractivity contribution in [3.63, 3.8) is 0 Å². The average Bonchev–Trinajstić information content (AvgIpc) is 2.72. The zero-order chi connectivity index (χ0) is 22.6. The first kappa shape index (κ1) is 23.8. The largest absolute Gasteiger partial charge is 0.444 e. The van der Waals surface area contributed by atoms with Crippen molar-refractivity contribution < 1.29 is 17.9 Å². The number of halogens is 1. The van der Waals surface area contributed by atoms with Crippen molar-refractivity contribution in [2.75, 3.05) is 13.1 Å². The molecule has 1 saturated heterocycles. The Morgan fingerprint density at radius 2 is 1.77 bits per heavy atom. The topological polar surface area (TPSA) is 66.9 Å². The number of likely N-dealkylation sites (tertiary alicyclic amines) is 1. The summed E-state index contributed by atoms with van der Waals surface area (Å²) in [7, 11) is -3.77. The highest BCUT2D eigenvalue weighted by atomic mass is 79.9. The molecule has 1 aliphatic rings. The molecule has 1 aliphatic heterocycles. The number of amides is 1. The van der Waals surface area contributed by atoms with Crippen LogP contribution in [-0.4, -0.2) is 48.4 Å². The van der Waals surface area contributed by atoms with Gasteiger partial charge in [0.15, 0.2) is 0 Å². The third kappa shape index (κ3) is 6.30. The van der Waals surface area contributed by atoms with Crippen LogP contribution in [0.5, 0.6) is 0 Å². The molecule has 1 heterocycles. The van der Waals surface area contributed by atoms with Crippen LogP contribution < -0.4 is 0 Å². The molecule has 168 valence electrons. The minimum absolute atomic E-state index is 0.237. The number of rotatable bonds is 5.